The van der Waals surface area contributed by atoms with Crippen molar-refractivity contribution in [3.8, 4) is 5.75 Å². The molecule has 1 N–H and O–H groups in total. The quantitative estimate of drug-likeness (QED) is 0.835. The molecular weight excluding hydrogens is 312 g/mol. The van der Waals surface area contributed by atoms with Crippen molar-refractivity contribution in [2.75, 3.05) is 18.7 Å². The van der Waals surface area contributed by atoms with E-state index in [9.17, 15) is 9.59 Å². The second-order valence-corrected chi connectivity index (χ2v) is 5.74. The van der Waals surface area contributed by atoms with E-state index in [-0.39, 0.29) is 18.3 Å². The molecule has 8 heteroatoms. The lowest BCUT2D eigenvalue weighted by Crippen LogP contribution is -2.64. The van der Waals surface area contributed by atoms with Crippen LogP contribution in [0.3, 0.4) is 0 Å². The molecule has 128 valence electrons. The number of benzene rings is 1. The van der Waals surface area contributed by atoms with E-state index >= 15 is 0 Å². The Balaban J connectivity index is 1.99. The summed E-state index contributed by atoms with van der Waals surface area (Å²) in [5.74, 6) is 0.0812. The third-order valence-electron chi connectivity index (χ3n) is 4.18. The summed E-state index contributed by atoms with van der Waals surface area (Å²) in [5, 5.41) is 7.66. The highest BCUT2D eigenvalue weighted by Gasteiger charge is 2.51. The first-order chi connectivity index (χ1) is 11.5. The highest BCUT2D eigenvalue weighted by Crippen LogP contribution is 2.38. The van der Waals surface area contributed by atoms with E-state index in [0.29, 0.717) is 12.8 Å². The lowest BCUT2D eigenvalue weighted by Gasteiger charge is -2.44. The van der Waals surface area contributed by atoms with Gasteiger partial charge in [-0.05, 0) is 38.1 Å². The molecule has 0 aromatic heterocycles. The van der Waals surface area contributed by atoms with Gasteiger partial charge >= 0.3 is 5.97 Å². The van der Waals surface area contributed by atoms with Crippen LogP contribution in [-0.2, 0) is 14.3 Å². The Labute approximate surface area is 140 Å². The number of carbonyl (C=O) groups is 2. The number of hydrogen-bond acceptors (Lipinski definition) is 7. The summed E-state index contributed by atoms with van der Waals surface area (Å²) < 4.78 is 10.2. The molecule has 2 aliphatic heterocycles. The molecule has 0 spiro atoms. The molecule has 1 saturated heterocycles. The summed E-state index contributed by atoms with van der Waals surface area (Å²) in [6.45, 7) is 3.88. The van der Waals surface area contributed by atoms with Crippen molar-refractivity contribution in [1.82, 2.24) is 10.4 Å². The van der Waals surface area contributed by atoms with Gasteiger partial charge in [0.25, 0.3) is 5.84 Å². The van der Waals surface area contributed by atoms with Crippen LogP contribution in [0.4, 0.5) is 5.69 Å². The van der Waals surface area contributed by atoms with Gasteiger partial charge in [0.1, 0.15) is 5.75 Å². The van der Waals surface area contributed by atoms with Crippen LogP contribution in [0.2, 0.25) is 0 Å². The number of carbonyl (C=O) groups excluding carboxylic acids is 2. The third kappa shape index (κ3) is 2.53. The maximum atomic E-state index is 12.2. The molecular formula is C16H20N4O4. The van der Waals surface area contributed by atoms with Gasteiger partial charge in [0.2, 0.25) is 5.91 Å². The number of rotatable bonds is 4. The SMILES string of the molecule is CCOC(=O)C1=NN(c2ccc(OC)cc2)C2(C)CCC(=O)NN12. The Bertz CT molecular complexity index is 688. The van der Waals surface area contributed by atoms with E-state index in [1.807, 2.05) is 31.2 Å². The zero-order valence-electron chi connectivity index (χ0n) is 13.9. The first kappa shape index (κ1) is 16.1. The lowest BCUT2D eigenvalue weighted by atomic mass is 10.0. The predicted molar refractivity (Wildman–Crippen MR) is 87.2 cm³/mol. The van der Waals surface area contributed by atoms with Crippen molar-refractivity contribution >= 4 is 23.4 Å². The van der Waals surface area contributed by atoms with E-state index in [2.05, 4.69) is 10.5 Å². The van der Waals surface area contributed by atoms with E-state index in [0.717, 1.165) is 11.4 Å². The van der Waals surface area contributed by atoms with Gasteiger partial charge < -0.3 is 9.47 Å². The normalized spacial score (nSPS) is 22.6. The number of ether oxygens (including phenoxy) is 2. The molecule has 1 aromatic carbocycles. The van der Waals surface area contributed by atoms with Crippen molar-refractivity contribution in [1.29, 1.82) is 0 Å². The maximum Gasteiger partial charge on any atom is 0.377 e. The third-order valence-corrected chi connectivity index (χ3v) is 4.18. The number of nitrogens with zero attached hydrogens (tertiary/aromatic N) is 3. The van der Waals surface area contributed by atoms with Crippen LogP contribution >= 0.6 is 0 Å². The second-order valence-electron chi connectivity index (χ2n) is 5.74. The minimum absolute atomic E-state index is 0.0724. The Kier molecular flexibility index (Phi) is 4.04. The van der Waals surface area contributed by atoms with Crippen molar-refractivity contribution in [2.24, 2.45) is 5.10 Å². The van der Waals surface area contributed by atoms with Gasteiger partial charge in [-0.2, -0.15) is 0 Å². The van der Waals surface area contributed by atoms with Crippen molar-refractivity contribution in [3.05, 3.63) is 24.3 Å². The lowest BCUT2D eigenvalue weighted by molar-refractivity contribution is -0.137. The van der Waals surface area contributed by atoms with Crippen LogP contribution in [-0.4, -0.2) is 42.1 Å². The van der Waals surface area contributed by atoms with Gasteiger partial charge in [-0.25, -0.2) is 14.8 Å². The molecule has 0 saturated carbocycles. The van der Waals surface area contributed by atoms with Gasteiger partial charge in [-0.3, -0.25) is 10.2 Å². The molecule has 3 rings (SSSR count). The summed E-state index contributed by atoms with van der Waals surface area (Å²) >= 11 is 0. The number of esters is 1. The smallest absolute Gasteiger partial charge is 0.377 e. The van der Waals surface area contributed by atoms with Crippen molar-refractivity contribution < 1.29 is 19.1 Å². The van der Waals surface area contributed by atoms with Crippen LogP contribution in [0.15, 0.2) is 29.4 Å². The van der Waals surface area contributed by atoms with E-state index in [4.69, 9.17) is 9.47 Å². The number of fused-ring (bicyclic) bond motifs is 1. The van der Waals surface area contributed by atoms with Gasteiger partial charge in [0.05, 0.1) is 19.4 Å². The molecule has 1 fully saturated rings. The Hall–Kier alpha value is -2.77. The monoisotopic (exact) mass is 332 g/mol. The Morgan fingerprint density at radius 2 is 2.08 bits per heavy atom. The molecule has 0 aliphatic carbocycles. The minimum atomic E-state index is -0.676. The van der Waals surface area contributed by atoms with Gasteiger partial charge in [0, 0.05) is 12.8 Å². The van der Waals surface area contributed by atoms with Crippen LogP contribution in [0, 0.1) is 0 Å². The van der Waals surface area contributed by atoms with Gasteiger partial charge in [-0.15, -0.1) is 5.10 Å². The Morgan fingerprint density at radius 1 is 1.38 bits per heavy atom. The molecule has 1 atom stereocenters. The van der Waals surface area contributed by atoms with Crippen LogP contribution in [0.25, 0.3) is 0 Å². The van der Waals surface area contributed by atoms with E-state index < -0.39 is 11.6 Å². The number of hydrazone groups is 1. The number of methoxy groups -OCH3 is 1. The number of amidine groups is 1. The molecule has 2 heterocycles. The largest absolute Gasteiger partial charge is 0.497 e. The minimum Gasteiger partial charge on any atom is -0.497 e. The summed E-state index contributed by atoms with van der Waals surface area (Å²) in [5.41, 5.74) is 2.84. The fourth-order valence-corrected chi connectivity index (χ4v) is 2.88. The van der Waals surface area contributed by atoms with Crippen LogP contribution in [0.5, 0.6) is 5.75 Å². The average molecular weight is 332 g/mol. The molecule has 1 aromatic rings. The fraction of sp³-hybridized carbons (Fsp3) is 0.438. The predicted octanol–water partition coefficient (Wildman–Crippen LogP) is 1.23. The van der Waals surface area contributed by atoms with Gasteiger partial charge in [-0.1, -0.05) is 0 Å². The molecule has 1 amide bonds. The summed E-state index contributed by atoms with van der Waals surface area (Å²) in [7, 11) is 1.60. The number of anilines is 1. The van der Waals surface area contributed by atoms with Gasteiger partial charge in [0.15, 0.2) is 5.66 Å². The average Bonchev–Trinajstić information content (AvgIpc) is 2.88. The first-order valence-corrected chi connectivity index (χ1v) is 7.79. The summed E-state index contributed by atoms with van der Waals surface area (Å²) in [4.78, 5) is 24.0. The standard InChI is InChI=1S/C16H20N4O4/c1-4-24-15(22)14-18-19(11-5-7-12(23-3)8-6-11)16(2)10-9-13(21)17-20(14)16/h5-8H,4,9-10H2,1-3H3,(H,17,21). The molecule has 0 radical (unpaired) electrons. The maximum absolute atomic E-state index is 12.2. The van der Waals surface area contributed by atoms with Crippen LogP contribution < -0.4 is 15.2 Å². The first-order valence-electron chi connectivity index (χ1n) is 7.79. The summed E-state index contributed by atoms with van der Waals surface area (Å²) in [6, 6.07) is 7.36. The fourth-order valence-electron chi connectivity index (χ4n) is 2.88. The second kappa shape index (κ2) is 6.03. The van der Waals surface area contributed by atoms with Crippen LogP contribution in [0.1, 0.15) is 26.7 Å². The topological polar surface area (TPSA) is 83.5 Å². The van der Waals surface area contributed by atoms with E-state index in [1.54, 1.807) is 19.0 Å². The van der Waals surface area contributed by atoms with E-state index in [1.165, 1.54) is 5.01 Å². The zero-order chi connectivity index (χ0) is 17.3. The number of hydrazine groups is 1. The zero-order valence-corrected chi connectivity index (χ0v) is 13.9. The molecule has 8 nitrogen and oxygen atoms in total. The Morgan fingerprint density at radius 3 is 2.71 bits per heavy atom. The number of amides is 1. The number of hydrogen-bond donors (Lipinski definition) is 1. The molecule has 1 unspecified atom stereocenters. The highest BCUT2D eigenvalue weighted by atomic mass is 16.5. The highest BCUT2D eigenvalue weighted by molar-refractivity contribution is 6.36. The molecule has 0 bridgehead atoms. The summed E-state index contributed by atoms with van der Waals surface area (Å²) in [6.07, 6.45) is 0.878. The number of nitrogens with one attached hydrogen (secondary N) is 1. The van der Waals surface area contributed by atoms with Crippen molar-refractivity contribution in [3.63, 3.8) is 0 Å². The van der Waals surface area contributed by atoms with Crippen molar-refractivity contribution in [2.45, 2.75) is 32.4 Å². The molecule has 24 heavy (non-hydrogen) atoms. The molecule has 2 aliphatic rings.